The molecule has 0 radical (unpaired) electrons. The third kappa shape index (κ3) is 4.43. The Hall–Kier alpha value is -3.08. The van der Waals surface area contributed by atoms with Crippen LogP contribution >= 0.6 is 0 Å². The van der Waals surface area contributed by atoms with Crippen LogP contribution in [0.3, 0.4) is 0 Å². The summed E-state index contributed by atoms with van der Waals surface area (Å²) in [4.78, 5) is 20.1. The number of carbonyl (C=O) groups excluding carboxylic acids is 1. The van der Waals surface area contributed by atoms with Gasteiger partial charge in [-0.25, -0.2) is 27.0 Å². The van der Waals surface area contributed by atoms with E-state index in [2.05, 4.69) is 15.3 Å². The quantitative estimate of drug-likeness (QED) is 0.603. The van der Waals surface area contributed by atoms with Gasteiger partial charge in [0.2, 0.25) is 5.92 Å². The molecule has 1 saturated carbocycles. The second-order valence-corrected chi connectivity index (χ2v) is 9.88. The van der Waals surface area contributed by atoms with Crippen LogP contribution < -0.4 is 5.32 Å². The van der Waals surface area contributed by atoms with E-state index in [0.717, 1.165) is 0 Å². The molecular formula is C21H22F2N4O4S. The maximum atomic E-state index is 13.4. The zero-order chi connectivity index (χ0) is 22.9. The maximum Gasteiger partial charge on any atom is 0.411 e. The van der Waals surface area contributed by atoms with Crippen LogP contribution in [0.1, 0.15) is 32.6 Å². The number of fused-ring (bicyclic) bond motifs is 1. The average Bonchev–Trinajstić information content (AvgIpc) is 3.17. The minimum Gasteiger partial charge on any atom is -0.450 e. The summed E-state index contributed by atoms with van der Waals surface area (Å²) < 4.78 is 59.4. The van der Waals surface area contributed by atoms with Gasteiger partial charge in [-0.3, -0.25) is 14.9 Å². The van der Waals surface area contributed by atoms with Crippen molar-refractivity contribution in [2.75, 3.05) is 11.9 Å². The van der Waals surface area contributed by atoms with Crippen molar-refractivity contribution in [2.24, 2.45) is 0 Å². The lowest BCUT2D eigenvalue weighted by atomic mass is 9.96. The van der Waals surface area contributed by atoms with Crippen molar-refractivity contribution in [1.82, 2.24) is 14.5 Å². The van der Waals surface area contributed by atoms with Crippen LogP contribution in [-0.2, 0) is 14.6 Å². The van der Waals surface area contributed by atoms with Crippen LogP contribution in [0.15, 0.2) is 47.9 Å². The first-order chi connectivity index (χ1) is 15.2. The van der Waals surface area contributed by atoms with E-state index < -0.39 is 39.9 Å². The van der Waals surface area contributed by atoms with Gasteiger partial charge in [-0.05, 0) is 38.0 Å². The van der Waals surface area contributed by atoms with Crippen LogP contribution in [0, 0.1) is 0 Å². The van der Waals surface area contributed by atoms with Crippen LogP contribution in [0.2, 0.25) is 0 Å². The summed E-state index contributed by atoms with van der Waals surface area (Å²) in [7, 11) is -3.76. The predicted molar refractivity (Wildman–Crippen MR) is 114 cm³/mol. The number of pyridine rings is 2. The minimum absolute atomic E-state index is 0.0221. The fourth-order valence-corrected chi connectivity index (χ4v) is 5.53. The summed E-state index contributed by atoms with van der Waals surface area (Å²) in [6.45, 7) is 1.93. The SMILES string of the molecule is CCOC(=O)Nc1cncc(-n2ccc3cc(S(=O)(=O)C4CCC(F)(F)CC4)cnc32)c1. The summed E-state index contributed by atoms with van der Waals surface area (Å²) in [5, 5.41) is 2.32. The first kappa shape index (κ1) is 22.1. The van der Waals surface area contributed by atoms with Crippen molar-refractivity contribution in [3.8, 4) is 5.69 Å². The Morgan fingerprint density at radius 2 is 2.00 bits per heavy atom. The Morgan fingerprint density at radius 1 is 1.25 bits per heavy atom. The van der Waals surface area contributed by atoms with Gasteiger partial charge in [-0.2, -0.15) is 0 Å². The fraction of sp³-hybridized carbons (Fsp3) is 0.381. The van der Waals surface area contributed by atoms with Gasteiger partial charge in [-0.1, -0.05) is 0 Å². The van der Waals surface area contributed by atoms with Gasteiger partial charge < -0.3 is 4.74 Å². The topological polar surface area (TPSA) is 103 Å². The third-order valence-electron chi connectivity index (χ3n) is 5.46. The van der Waals surface area contributed by atoms with Crippen molar-refractivity contribution < 1.29 is 26.7 Å². The Morgan fingerprint density at radius 3 is 2.72 bits per heavy atom. The second-order valence-electron chi connectivity index (χ2n) is 7.65. The Labute approximate surface area is 183 Å². The zero-order valence-electron chi connectivity index (χ0n) is 17.3. The standard InChI is InChI=1S/C21H22F2N4O4S/c1-2-31-20(28)26-15-10-16(12-24-11-15)27-8-5-14-9-18(13-25-19(14)27)32(29,30)17-3-6-21(22,23)7-4-17/h5,8-13,17H,2-4,6-7H2,1H3,(H,26,28). The number of nitrogens with one attached hydrogen (secondary N) is 1. The number of halogens is 2. The molecule has 3 aromatic heterocycles. The van der Waals surface area contributed by atoms with Crippen LogP contribution in [0.25, 0.3) is 16.7 Å². The first-order valence-corrected chi connectivity index (χ1v) is 11.7. The van der Waals surface area contributed by atoms with Crippen molar-refractivity contribution in [3.05, 3.63) is 43.0 Å². The van der Waals surface area contributed by atoms with E-state index in [9.17, 15) is 22.0 Å². The van der Waals surface area contributed by atoms with Gasteiger partial charge in [0.05, 0.1) is 40.5 Å². The van der Waals surface area contributed by atoms with E-state index in [0.29, 0.717) is 22.4 Å². The Balaban J connectivity index is 1.61. The van der Waals surface area contributed by atoms with Crippen LogP contribution in [-0.4, -0.2) is 46.8 Å². The molecule has 0 saturated heterocycles. The smallest absolute Gasteiger partial charge is 0.411 e. The number of rotatable bonds is 5. The van der Waals surface area contributed by atoms with Crippen molar-refractivity contribution in [1.29, 1.82) is 0 Å². The summed E-state index contributed by atoms with van der Waals surface area (Å²) in [6.07, 6.45) is 4.42. The molecular weight excluding hydrogens is 442 g/mol. The molecule has 0 atom stereocenters. The van der Waals surface area contributed by atoms with Gasteiger partial charge in [0.1, 0.15) is 5.65 Å². The molecule has 32 heavy (non-hydrogen) atoms. The van der Waals surface area contributed by atoms with E-state index in [1.54, 1.807) is 36.0 Å². The molecule has 3 aromatic rings. The van der Waals surface area contributed by atoms with Crippen molar-refractivity contribution in [2.45, 2.75) is 48.7 Å². The van der Waals surface area contributed by atoms with Crippen molar-refractivity contribution >= 4 is 32.7 Å². The molecule has 1 aliphatic rings. The molecule has 1 amide bonds. The highest BCUT2D eigenvalue weighted by Crippen LogP contribution is 2.37. The van der Waals surface area contributed by atoms with Crippen molar-refractivity contribution in [3.63, 3.8) is 0 Å². The number of nitrogens with zero attached hydrogens (tertiary/aromatic N) is 3. The third-order valence-corrected chi connectivity index (χ3v) is 7.69. The lowest BCUT2D eigenvalue weighted by Gasteiger charge is -2.27. The number of sulfone groups is 1. The largest absolute Gasteiger partial charge is 0.450 e. The number of alkyl halides is 2. The fourth-order valence-electron chi connectivity index (χ4n) is 3.80. The number of amides is 1. The molecule has 170 valence electrons. The number of aromatic nitrogens is 3. The molecule has 0 unspecified atom stereocenters. The van der Waals surface area contributed by atoms with Gasteiger partial charge in [-0.15, -0.1) is 0 Å². The number of anilines is 1. The summed E-state index contributed by atoms with van der Waals surface area (Å²) >= 11 is 0. The van der Waals surface area contributed by atoms with Crippen LogP contribution in [0.5, 0.6) is 0 Å². The number of ether oxygens (including phenoxy) is 1. The molecule has 3 heterocycles. The minimum atomic E-state index is -3.76. The predicted octanol–water partition coefficient (Wildman–Crippen LogP) is 4.34. The molecule has 0 spiro atoms. The Kier molecular flexibility index (Phi) is 5.85. The zero-order valence-corrected chi connectivity index (χ0v) is 18.1. The average molecular weight is 464 g/mol. The number of hydrogen-bond donors (Lipinski definition) is 1. The molecule has 8 nitrogen and oxygen atoms in total. The molecule has 1 fully saturated rings. The van der Waals surface area contributed by atoms with E-state index in [1.165, 1.54) is 18.5 Å². The van der Waals surface area contributed by atoms with E-state index in [4.69, 9.17) is 4.74 Å². The number of hydrogen-bond acceptors (Lipinski definition) is 6. The van der Waals surface area contributed by atoms with Gasteiger partial charge in [0.15, 0.2) is 9.84 Å². The molecule has 0 aromatic carbocycles. The molecule has 1 N–H and O–H groups in total. The first-order valence-electron chi connectivity index (χ1n) is 10.2. The molecule has 0 bridgehead atoms. The highest BCUT2D eigenvalue weighted by atomic mass is 32.2. The summed E-state index contributed by atoms with van der Waals surface area (Å²) in [6, 6.07) is 4.90. The molecule has 1 aliphatic carbocycles. The lowest BCUT2D eigenvalue weighted by molar-refractivity contribution is -0.0328. The van der Waals surface area contributed by atoms with Gasteiger partial charge in [0, 0.05) is 30.6 Å². The maximum absolute atomic E-state index is 13.4. The molecule has 11 heteroatoms. The van der Waals surface area contributed by atoms with Crippen LogP contribution in [0.4, 0.5) is 19.3 Å². The second kappa shape index (κ2) is 8.45. The number of carbonyl (C=O) groups is 1. The summed E-state index contributed by atoms with van der Waals surface area (Å²) in [5.74, 6) is -2.80. The van der Waals surface area contributed by atoms with E-state index >= 15 is 0 Å². The normalized spacial score (nSPS) is 16.7. The van der Waals surface area contributed by atoms with Gasteiger partial charge in [0.25, 0.3) is 0 Å². The monoisotopic (exact) mass is 464 g/mol. The lowest BCUT2D eigenvalue weighted by Crippen LogP contribution is -2.32. The molecule has 4 rings (SSSR count). The summed E-state index contributed by atoms with van der Waals surface area (Å²) in [5.41, 5.74) is 1.53. The van der Waals surface area contributed by atoms with E-state index in [1.807, 2.05) is 0 Å². The Bertz CT molecular complexity index is 1250. The highest BCUT2D eigenvalue weighted by Gasteiger charge is 2.40. The molecule has 0 aliphatic heterocycles. The van der Waals surface area contributed by atoms with Gasteiger partial charge >= 0.3 is 6.09 Å². The van der Waals surface area contributed by atoms with E-state index in [-0.39, 0.29) is 24.3 Å². The highest BCUT2D eigenvalue weighted by molar-refractivity contribution is 7.92.